The molecule has 0 amide bonds. The van der Waals surface area contributed by atoms with Gasteiger partial charge in [0.2, 0.25) is 0 Å². The second-order valence-corrected chi connectivity index (χ2v) is 6.51. The van der Waals surface area contributed by atoms with Crippen molar-refractivity contribution in [3.63, 3.8) is 0 Å². The summed E-state index contributed by atoms with van der Waals surface area (Å²) in [6.45, 7) is 8.78. The molecular formula is C14H21BrN2O. The number of rotatable bonds is 2. The maximum atomic E-state index is 5.93. The highest BCUT2D eigenvalue weighted by Crippen LogP contribution is 2.28. The van der Waals surface area contributed by atoms with Gasteiger partial charge in [-0.1, -0.05) is 15.9 Å². The number of hydrogen-bond acceptors (Lipinski definition) is 3. The predicted octanol–water partition coefficient (Wildman–Crippen LogP) is 2.91. The predicted molar refractivity (Wildman–Crippen MR) is 78.9 cm³/mol. The summed E-state index contributed by atoms with van der Waals surface area (Å²) in [5.41, 5.74) is 7.99. The highest BCUT2D eigenvalue weighted by Gasteiger charge is 2.31. The molecule has 3 nitrogen and oxygen atoms in total. The molecule has 0 radical (unpaired) electrons. The van der Waals surface area contributed by atoms with Crippen molar-refractivity contribution in [2.45, 2.75) is 39.0 Å². The van der Waals surface area contributed by atoms with Gasteiger partial charge in [-0.3, -0.25) is 0 Å². The Morgan fingerprint density at radius 1 is 1.44 bits per heavy atom. The van der Waals surface area contributed by atoms with Crippen molar-refractivity contribution in [3.05, 3.63) is 28.2 Å². The Morgan fingerprint density at radius 2 is 2.17 bits per heavy atom. The van der Waals surface area contributed by atoms with Crippen LogP contribution >= 0.6 is 15.9 Å². The molecule has 2 N–H and O–H groups in total. The van der Waals surface area contributed by atoms with Crippen molar-refractivity contribution in [1.29, 1.82) is 0 Å². The van der Waals surface area contributed by atoms with Crippen molar-refractivity contribution in [2.24, 2.45) is 5.73 Å². The molecule has 1 unspecified atom stereocenters. The summed E-state index contributed by atoms with van der Waals surface area (Å²) >= 11 is 3.55. The molecule has 18 heavy (non-hydrogen) atoms. The Hall–Kier alpha value is -0.580. The van der Waals surface area contributed by atoms with Crippen LogP contribution in [-0.2, 0) is 11.3 Å². The fourth-order valence-corrected chi connectivity index (χ4v) is 3.11. The summed E-state index contributed by atoms with van der Waals surface area (Å²) in [7, 11) is 0. The van der Waals surface area contributed by atoms with Crippen LogP contribution in [0.15, 0.2) is 22.7 Å². The standard InChI is InChI=1S/C14H21BrN2O/c1-10-8-17(9-14(2,3)18-10)13-5-11(7-16)4-12(15)6-13/h4-6,10H,7-9,16H2,1-3H3. The van der Waals surface area contributed by atoms with Gasteiger partial charge in [0, 0.05) is 29.8 Å². The molecule has 1 aliphatic rings. The number of benzene rings is 1. The molecule has 1 heterocycles. The Morgan fingerprint density at radius 3 is 2.78 bits per heavy atom. The minimum absolute atomic E-state index is 0.108. The highest BCUT2D eigenvalue weighted by atomic mass is 79.9. The number of halogens is 1. The topological polar surface area (TPSA) is 38.5 Å². The molecule has 0 spiro atoms. The van der Waals surface area contributed by atoms with Crippen molar-refractivity contribution >= 4 is 21.6 Å². The number of ether oxygens (including phenoxy) is 1. The second kappa shape index (κ2) is 5.19. The van der Waals surface area contributed by atoms with E-state index < -0.39 is 0 Å². The molecule has 0 aromatic heterocycles. The molecule has 0 aliphatic carbocycles. The molecule has 2 rings (SSSR count). The second-order valence-electron chi connectivity index (χ2n) is 5.59. The van der Waals surface area contributed by atoms with Gasteiger partial charge in [-0.25, -0.2) is 0 Å². The van der Waals surface area contributed by atoms with E-state index >= 15 is 0 Å². The number of anilines is 1. The quantitative estimate of drug-likeness (QED) is 0.912. The Labute approximate surface area is 117 Å². The molecule has 1 aliphatic heterocycles. The monoisotopic (exact) mass is 312 g/mol. The van der Waals surface area contributed by atoms with Gasteiger partial charge < -0.3 is 15.4 Å². The van der Waals surface area contributed by atoms with Crippen LogP contribution in [0.2, 0.25) is 0 Å². The minimum Gasteiger partial charge on any atom is -0.369 e. The van der Waals surface area contributed by atoms with Crippen LogP contribution < -0.4 is 10.6 Å². The molecule has 1 atom stereocenters. The molecule has 4 heteroatoms. The van der Waals surface area contributed by atoms with E-state index in [1.165, 1.54) is 5.69 Å². The first-order chi connectivity index (χ1) is 8.39. The van der Waals surface area contributed by atoms with Gasteiger partial charge in [0.05, 0.1) is 11.7 Å². The fraction of sp³-hybridized carbons (Fsp3) is 0.571. The zero-order chi connectivity index (χ0) is 13.3. The maximum absolute atomic E-state index is 5.93. The van der Waals surface area contributed by atoms with Gasteiger partial charge in [0.1, 0.15) is 0 Å². The fourth-order valence-electron chi connectivity index (χ4n) is 2.58. The van der Waals surface area contributed by atoms with Gasteiger partial charge >= 0.3 is 0 Å². The Bertz CT molecular complexity index is 434. The van der Waals surface area contributed by atoms with Gasteiger partial charge in [-0.2, -0.15) is 0 Å². The number of nitrogens with zero attached hydrogens (tertiary/aromatic N) is 1. The summed E-state index contributed by atoms with van der Waals surface area (Å²) in [5, 5.41) is 0. The zero-order valence-electron chi connectivity index (χ0n) is 11.2. The van der Waals surface area contributed by atoms with Gasteiger partial charge in [0.15, 0.2) is 0 Å². The zero-order valence-corrected chi connectivity index (χ0v) is 12.8. The maximum Gasteiger partial charge on any atom is 0.0805 e. The molecule has 100 valence electrons. The van der Waals surface area contributed by atoms with Crippen molar-refractivity contribution in [3.8, 4) is 0 Å². The molecule has 1 fully saturated rings. The summed E-state index contributed by atoms with van der Waals surface area (Å²) in [6, 6.07) is 6.38. The van der Waals surface area contributed by atoms with Crippen LogP contribution in [0.3, 0.4) is 0 Å². The summed E-state index contributed by atoms with van der Waals surface area (Å²) in [5.74, 6) is 0. The van der Waals surface area contributed by atoms with E-state index in [0.717, 1.165) is 23.1 Å². The van der Waals surface area contributed by atoms with Crippen molar-refractivity contribution in [2.75, 3.05) is 18.0 Å². The third-order valence-electron chi connectivity index (χ3n) is 3.11. The van der Waals surface area contributed by atoms with Crippen LogP contribution in [0.4, 0.5) is 5.69 Å². The largest absolute Gasteiger partial charge is 0.369 e. The minimum atomic E-state index is -0.108. The van der Waals surface area contributed by atoms with E-state index in [1.54, 1.807) is 0 Å². The third kappa shape index (κ3) is 3.25. The smallest absolute Gasteiger partial charge is 0.0805 e. The van der Waals surface area contributed by atoms with E-state index in [2.05, 4.69) is 59.8 Å². The Balaban J connectivity index is 2.27. The van der Waals surface area contributed by atoms with Crippen molar-refractivity contribution < 1.29 is 4.74 Å². The lowest BCUT2D eigenvalue weighted by Gasteiger charge is -2.43. The average molecular weight is 313 g/mol. The number of hydrogen-bond donors (Lipinski definition) is 1. The van der Waals surface area contributed by atoms with Gasteiger partial charge in [-0.15, -0.1) is 0 Å². The molecule has 0 saturated carbocycles. The van der Waals surface area contributed by atoms with Crippen LogP contribution in [0, 0.1) is 0 Å². The number of nitrogens with two attached hydrogens (primary N) is 1. The molecule has 1 aromatic rings. The number of morpholine rings is 1. The van der Waals surface area contributed by atoms with E-state index in [9.17, 15) is 0 Å². The molecular weight excluding hydrogens is 292 g/mol. The first kappa shape index (κ1) is 13.8. The first-order valence-electron chi connectivity index (χ1n) is 6.32. The summed E-state index contributed by atoms with van der Waals surface area (Å²) in [6.07, 6.45) is 0.244. The van der Waals surface area contributed by atoms with Crippen LogP contribution in [0.5, 0.6) is 0 Å². The summed E-state index contributed by atoms with van der Waals surface area (Å²) in [4.78, 5) is 2.37. The Kier molecular flexibility index (Phi) is 3.99. The normalized spacial score (nSPS) is 23.2. The van der Waals surface area contributed by atoms with Crippen LogP contribution in [0.25, 0.3) is 0 Å². The van der Waals surface area contributed by atoms with E-state index in [4.69, 9.17) is 10.5 Å². The molecule has 1 aromatic carbocycles. The highest BCUT2D eigenvalue weighted by molar-refractivity contribution is 9.10. The lowest BCUT2D eigenvalue weighted by molar-refractivity contribution is -0.0749. The molecule has 0 bridgehead atoms. The van der Waals surface area contributed by atoms with E-state index in [-0.39, 0.29) is 11.7 Å². The lowest BCUT2D eigenvalue weighted by atomic mass is 10.0. The third-order valence-corrected chi connectivity index (χ3v) is 3.57. The lowest BCUT2D eigenvalue weighted by Crippen LogP contribution is -2.52. The average Bonchev–Trinajstić information content (AvgIpc) is 2.25. The SMILES string of the molecule is CC1CN(c2cc(Br)cc(CN)c2)CC(C)(C)O1. The van der Waals surface area contributed by atoms with Gasteiger partial charge in [-0.05, 0) is 44.5 Å². The van der Waals surface area contributed by atoms with Gasteiger partial charge in [0.25, 0.3) is 0 Å². The van der Waals surface area contributed by atoms with E-state index in [0.29, 0.717) is 6.54 Å². The van der Waals surface area contributed by atoms with Crippen molar-refractivity contribution in [1.82, 2.24) is 0 Å². The first-order valence-corrected chi connectivity index (χ1v) is 7.11. The van der Waals surface area contributed by atoms with Crippen LogP contribution in [-0.4, -0.2) is 24.8 Å². The molecule has 1 saturated heterocycles. The van der Waals surface area contributed by atoms with E-state index in [1.807, 2.05) is 0 Å². The summed E-state index contributed by atoms with van der Waals surface area (Å²) < 4.78 is 7.02. The van der Waals surface area contributed by atoms with Crippen LogP contribution in [0.1, 0.15) is 26.3 Å².